The fourth-order valence-corrected chi connectivity index (χ4v) is 5.77. The number of nitrogens with zero attached hydrogens (tertiary/aromatic N) is 4. The quantitative estimate of drug-likeness (QED) is 0.834. The Labute approximate surface area is 148 Å². The standard InChI is InChI=1S/C18H28N4OS/c1-2-9-20(8-1)18-16(14-6-3-12-23-14)17(15-7-4-13-24-15)19-22(18)21-10-5-11-21/h14-15H,1-13H2. The van der Waals surface area contributed by atoms with E-state index in [0.717, 1.165) is 26.1 Å². The summed E-state index contributed by atoms with van der Waals surface area (Å²) in [5.41, 5.74) is 2.79. The van der Waals surface area contributed by atoms with Crippen molar-refractivity contribution in [2.75, 3.05) is 48.4 Å². The molecule has 4 aliphatic rings. The first-order valence-corrected chi connectivity index (χ1v) is 10.8. The monoisotopic (exact) mass is 348 g/mol. The van der Waals surface area contributed by atoms with Gasteiger partial charge in [0.25, 0.3) is 0 Å². The Balaban J connectivity index is 1.62. The van der Waals surface area contributed by atoms with Gasteiger partial charge in [-0.25, -0.2) is 0 Å². The molecule has 6 heteroatoms. The molecule has 5 nitrogen and oxygen atoms in total. The number of ether oxygens (including phenoxy) is 1. The number of thioether (sulfide) groups is 1. The average molecular weight is 349 g/mol. The largest absolute Gasteiger partial charge is 0.373 e. The molecule has 4 saturated heterocycles. The van der Waals surface area contributed by atoms with Crippen molar-refractivity contribution in [2.24, 2.45) is 0 Å². The third-order valence-electron chi connectivity index (χ3n) is 5.90. The van der Waals surface area contributed by atoms with E-state index in [1.54, 1.807) is 0 Å². The highest BCUT2D eigenvalue weighted by Crippen LogP contribution is 2.47. The fraction of sp³-hybridized carbons (Fsp3) is 0.833. The summed E-state index contributed by atoms with van der Waals surface area (Å²) in [5.74, 6) is 2.66. The number of hydrogen-bond donors (Lipinski definition) is 0. The van der Waals surface area contributed by atoms with Crippen LogP contribution in [0.3, 0.4) is 0 Å². The highest BCUT2D eigenvalue weighted by atomic mass is 32.2. The molecule has 1 aromatic heterocycles. The van der Waals surface area contributed by atoms with Crippen molar-refractivity contribution in [3.05, 3.63) is 11.3 Å². The Morgan fingerprint density at radius 1 is 0.958 bits per heavy atom. The molecule has 4 fully saturated rings. The van der Waals surface area contributed by atoms with Gasteiger partial charge in [-0.15, -0.1) is 0 Å². The minimum Gasteiger partial charge on any atom is -0.373 e. The van der Waals surface area contributed by atoms with Crippen molar-refractivity contribution < 1.29 is 4.74 Å². The van der Waals surface area contributed by atoms with Crippen molar-refractivity contribution in [3.63, 3.8) is 0 Å². The van der Waals surface area contributed by atoms with Crippen LogP contribution in [0.25, 0.3) is 0 Å². The van der Waals surface area contributed by atoms with E-state index in [4.69, 9.17) is 9.84 Å². The lowest BCUT2D eigenvalue weighted by molar-refractivity contribution is 0.111. The maximum Gasteiger partial charge on any atom is 0.156 e. The van der Waals surface area contributed by atoms with Crippen LogP contribution in [0.4, 0.5) is 5.82 Å². The first-order valence-electron chi connectivity index (χ1n) is 9.78. The van der Waals surface area contributed by atoms with E-state index in [9.17, 15) is 0 Å². The van der Waals surface area contributed by atoms with Crippen molar-refractivity contribution in [1.82, 2.24) is 9.89 Å². The van der Waals surface area contributed by atoms with Gasteiger partial charge < -0.3 is 9.64 Å². The van der Waals surface area contributed by atoms with Gasteiger partial charge in [-0.1, -0.05) is 0 Å². The molecule has 5 heterocycles. The Kier molecular flexibility index (Phi) is 4.13. The molecule has 132 valence electrons. The molecule has 0 bridgehead atoms. The first kappa shape index (κ1) is 15.4. The summed E-state index contributed by atoms with van der Waals surface area (Å²) in [7, 11) is 0. The van der Waals surface area contributed by atoms with Crippen molar-refractivity contribution in [1.29, 1.82) is 0 Å². The predicted octanol–water partition coefficient (Wildman–Crippen LogP) is 3.24. The molecular formula is C18H28N4OS. The molecule has 4 aliphatic heterocycles. The second kappa shape index (κ2) is 6.45. The smallest absolute Gasteiger partial charge is 0.156 e. The van der Waals surface area contributed by atoms with Crippen molar-refractivity contribution in [3.8, 4) is 0 Å². The van der Waals surface area contributed by atoms with Crippen LogP contribution in [0.2, 0.25) is 0 Å². The van der Waals surface area contributed by atoms with Crippen LogP contribution >= 0.6 is 11.8 Å². The fourth-order valence-electron chi connectivity index (χ4n) is 4.48. The van der Waals surface area contributed by atoms with Crippen LogP contribution in [0.15, 0.2) is 0 Å². The molecule has 1 aromatic rings. The summed E-state index contributed by atoms with van der Waals surface area (Å²) in [6.45, 7) is 5.55. The van der Waals surface area contributed by atoms with E-state index in [2.05, 4.69) is 26.5 Å². The minimum absolute atomic E-state index is 0.270. The highest BCUT2D eigenvalue weighted by Gasteiger charge is 2.37. The van der Waals surface area contributed by atoms with Gasteiger partial charge in [-0.2, -0.15) is 21.7 Å². The number of anilines is 1. The van der Waals surface area contributed by atoms with E-state index >= 15 is 0 Å². The Hall–Kier alpha value is -0.880. The minimum atomic E-state index is 0.270. The topological polar surface area (TPSA) is 33.5 Å². The molecule has 0 amide bonds. The first-order chi connectivity index (χ1) is 11.9. The maximum absolute atomic E-state index is 6.18. The van der Waals surface area contributed by atoms with Gasteiger partial charge in [0.2, 0.25) is 0 Å². The van der Waals surface area contributed by atoms with Crippen molar-refractivity contribution >= 4 is 17.6 Å². The summed E-state index contributed by atoms with van der Waals surface area (Å²) in [6.07, 6.45) is 9.14. The lowest BCUT2D eigenvalue weighted by atomic mass is 10.0. The zero-order chi connectivity index (χ0) is 15.9. The average Bonchev–Trinajstić information content (AvgIpc) is 3.31. The number of aromatic nitrogens is 2. The van der Waals surface area contributed by atoms with Gasteiger partial charge in [0.15, 0.2) is 5.82 Å². The third kappa shape index (κ3) is 2.53. The zero-order valence-electron chi connectivity index (χ0n) is 14.5. The molecule has 0 saturated carbocycles. The van der Waals surface area contributed by atoms with Crippen LogP contribution in [0, 0.1) is 0 Å². The lowest BCUT2D eigenvalue weighted by Crippen LogP contribution is -2.47. The molecule has 0 aliphatic carbocycles. The molecular weight excluding hydrogens is 320 g/mol. The second-order valence-electron chi connectivity index (χ2n) is 7.52. The molecule has 5 rings (SSSR count). The van der Waals surface area contributed by atoms with Crippen molar-refractivity contribution in [2.45, 2.75) is 56.3 Å². The van der Waals surface area contributed by atoms with Gasteiger partial charge in [0, 0.05) is 43.6 Å². The molecule has 2 atom stereocenters. The Morgan fingerprint density at radius 2 is 1.83 bits per heavy atom. The third-order valence-corrected chi connectivity index (χ3v) is 7.29. The summed E-state index contributed by atoms with van der Waals surface area (Å²) in [6, 6.07) is 0. The summed E-state index contributed by atoms with van der Waals surface area (Å²) in [4.78, 5) is 4.87. The molecule has 2 unspecified atom stereocenters. The molecule has 24 heavy (non-hydrogen) atoms. The van der Waals surface area contributed by atoms with Gasteiger partial charge in [0.1, 0.15) is 0 Å². The van der Waals surface area contributed by atoms with E-state index in [0.29, 0.717) is 5.25 Å². The summed E-state index contributed by atoms with van der Waals surface area (Å²) >= 11 is 2.10. The lowest BCUT2D eigenvalue weighted by Gasteiger charge is -2.35. The number of rotatable bonds is 4. The molecule has 0 aromatic carbocycles. The van der Waals surface area contributed by atoms with E-state index < -0.39 is 0 Å². The van der Waals surface area contributed by atoms with Crippen LogP contribution in [-0.2, 0) is 4.74 Å². The number of hydrogen-bond acceptors (Lipinski definition) is 5. The van der Waals surface area contributed by atoms with Crippen LogP contribution < -0.4 is 9.91 Å². The molecule has 0 radical (unpaired) electrons. The maximum atomic E-state index is 6.18. The summed E-state index contributed by atoms with van der Waals surface area (Å²) < 4.78 is 6.18. The normalized spacial score (nSPS) is 30.3. The van der Waals surface area contributed by atoms with Gasteiger partial charge >= 0.3 is 0 Å². The van der Waals surface area contributed by atoms with Gasteiger partial charge in [-0.05, 0) is 50.7 Å². The molecule has 0 N–H and O–H groups in total. The zero-order valence-corrected chi connectivity index (χ0v) is 15.3. The van der Waals surface area contributed by atoms with Crippen LogP contribution in [0.1, 0.15) is 67.6 Å². The van der Waals surface area contributed by atoms with Gasteiger partial charge in [-0.3, -0.25) is 5.01 Å². The molecule has 0 spiro atoms. The highest BCUT2D eigenvalue weighted by molar-refractivity contribution is 7.99. The Bertz CT molecular complexity index is 582. The van der Waals surface area contributed by atoms with E-state index in [-0.39, 0.29) is 6.10 Å². The van der Waals surface area contributed by atoms with E-state index in [1.165, 1.54) is 74.4 Å². The summed E-state index contributed by atoms with van der Waals surface area (Å²) in [5, 5.41) is 8.21. The SMILES string of the molecule is C1COC(c2c(C3CCCS3)nn(N3CCC3)c2N2CCCC2)C1. The van der Waals surface area contributed by atoms with Crippen LogP contribution in [-0.4, -0.2) is 48.4 Å². The van der Waals surface area contributed by atoms with Crippen LogP contribution in [0.5, 0.6) is 0 Å². The Morgan fingerprint density at radius 3 is 2.46 bits per heavy atom. The second-order valence-corrected chi connectivity index (χ2v) is 8.83. The van der Waals surface area contributed by atoms with E-state index in [1.807, 2.05) is 0 Å². The predicted molar refractivity (Wildman–Crippen MR) is 98.6 cm³/mol. The van der Waals surface area contributed by atoms with Gasteiger partial charge in [0.05, 0.1) is 11.8 Å².